The first kappa shape index (κ1) is 19.3. The van der Waals surface area contributed by atoms with E-state index < -0.39 is 0 Å². The molecule has 0 atom stereocenters. The number of nitrogens with one attached hydrogen (secondary N) is 1. The van der Waals surface area contributed by atoms with Crippen LogP contribution in [0.1, 0.15) is 12.0 Å². The molecule has 0 saturated carbocycles. The zero-order chi connectivity index (χ0) is 20.4. The summed E-state index contributed by atoms with van der Waals surface area (Å²) in [4.78, 5) is 13.7. The van der Waals surface area contributed by atoms with Gasteiger partial charge in [0, 0.05) is 36.9 Å². The Balaban J connectivity index is 1.74. The van der Waals surface area contributed by atoms with Crippen LogP contribution in [0.4, 0.5) is 17.3 Å². The lowest BCUT2D eigenvalue weighted by atomic mass is 10.1. The molecular formula is C23H24ClN5. The van der Waals surface area contributed by atoms with Gasteiger partial charge in [-0.3, -0.25) is 0 Å². The number of nitrogens with zero attached hydrogens (tertiary/aromatic N) is 4. The lowest BCUT2D eigenvalue weighted by Gasteiger charge is -2.27. The molecular weight excluding hydrogens is 382 g/mol. The lowest BCUT2D eigenvalue weighted by molar-refractivity contribution is 0.789. The molecule has 1 aliphatic heterocycles. The smallest absolute Gasteiger partial charge is 0.158 e. The van der Waals surface area contributed by atoms with E-state index in [1.807, 2.05) is 37.3 Å². The average Bonchev–Trinajstić information content (AvgIpc) is 2.86. The Bertz CT molecular complexity index is 1010. The number of benzene rings is 1. The van der Waals surface area contributed by atoms with Crippen molar-refractivity contribution in [2.24, 2.45) is 0 Å². The van der Waals surface area contributed by atoms with E-state index in [0.29, 0.717) is 5.02 Å². The van der Waals surface area contributed by atoms with Gasteiger partial charge in [0.15, 0.2) is 5.82 Å². The zero-order valence-electron chi connectivity index (χ0n) is 16.7. The minimum atomic E-state index is 0.715. The van der Waals surface area contributed by atoms with Gasteiger partial charge in [0.2, 0.25) is 0 Å². The third-order valence-electron chi connectivity index (χ3n) is 5.00. The molecule has 0 amide bonds. The Hall–Kier alpha value is -3.05. The van der Waals surface area contributed by atoms with Crippen LogP contribution in [0.3, 0.4) is 0 Å². The molecule has 3 heterocycles. The highest BCUT2D eigenvalue weighted by Crippen LogP contribution is 2.35. The predicted octanol–water partition coefficient (Wildman–Crippen LogP) is 5.34. The van der Waals surface area contributed by atoms with E-state index in [-0.39, 0.29) is 0 Å². The molecule has 0 aliphatic carbocycles. The van der Waals surface area contributed by atoms with Gasteiger partial charge in [-0.05, 0) is 61.4 Å². The van der Waals surface area contributed by atoms with Gasteiger partial charge in [-0.25, -0.2) is 9.97 Å². The van der Waals surface area contributed by atoms with Crippen molar-refractivity contribution in [3.63, 3.8) is 0 Å². The van der Waals surface area contributed by atoms with Gasteiger partial charge in [0.1, 0.15) is 11.6 Å². The number of anilines is 3. The summed E-state index contributed by atoms with van der Waals surface area (Å²) in [6.07, 6.45) is 2.76. The third-order valence-corrected chi connectivity index (χ3v) is 5.22. The van der Waals surface area contributed by atoms with Crippen molar-refractivity contribution in [2.75, 3.05) is 35.3 Å². The maximum absolute atomic E-state index is 6.28. The van der Waals surface area contributed by atoms with Crippen molar-refractivity contribution in [3.05, 3.63) is 77.7 Å². The number of aromatic nitrogens is 2. The standard InChI is InChI=1S/C23H24ClN5/c1-16-13-18(15-19(24)14-16)20-8-9-21-23(27-20)29(12-6-11-28(21)3)17(2)26-22-7-4-5-10-25-22/h4-5,7-10,13-15H,2,6,11-12H2,1,3H3,(H,25,26). The summed E-state index contributed by atoms with van der Waals surface area (Å²) in [5.74, 6) is 2.40. The van der Waals surface area contributed by atoms with Crippen LogP contribution in [0.2, 0.25) is 5.02 Å². The van der Waals surface area contributed by atoms with Crippen LogP contribution in [0.25, 0.3) is 11.3 Å². The van der Waals surface area contributed by atoms with E-state index >= 15 is 0 Å². The van der Waals surface area contributed by atoms with Gasteiger partial charge in [0.05, 0.1) is 11.4 Å². The highest BCUT2D eigenvalue weighted by Gasteiger charge is 2.23. The molecule has 0 radical (unpaired) electrons. The molecule has 0 fully saturated rings. The molecule has 1 aromatic carbocycles. The summed E-state index contributed by atoms with van der Waals surface area (Å²) in [5, 5.41) is 4.03. The minimum absolute atomic E-state index is 0.715. The van der Waals surface area contributed by atoms with Crippen LogP contribution in [-0.4, -0.2) is 30.1 Å². The Kier molecular flexibility index (Phi) is 5.41. The van der Waals surface area contributed by atoms with Crippen LogP contribution >= 0.6 is 11.6 Å². The van der Waals surface area contributed by atoms with Gasteiger partial charge in [0.25, 0.3) is 0 Å². The number of fused-ring (bicyclic) bond motifs is 1. The molecule has 3 aromatic rings. The number of halogens is 1. The first-order chi connectivity index (χ1) is 14.0. The second-order valence-electron chi connectivity index (χ2n) is 7.27. The Labute approximate surface area is 176 Å². The fourth-order valence-corrected chi connectivity index (χ4v) is 3.88. The molecule has 4 rings (SSSR count). The fraction of sp³-hybridized carbons (Fsp3) is 0.217. The molecule has 1 aliphatic rings. The van der Waals surface area contributed by atoms with E-state index in [2.05, 4.69) is 51.9 Å². The molecule has 2 aromatic heterocycles. The lowest BCUT2D eigenvalue weighted by Crippen LogP contribution is -2.28. The van der Waals surface area contributed by atoms with Gasteiger partial charge in [-0.15, -0.1) is 0 Å². The summed E-state index contributed by atoms with van der Waals surface area (Å²) in [6, 6.07) is 16.0. The maximum Gasteiger partial charge on any atom is 0.158 e. The topological polar surface area (TPSA) is 44.3 Å². The van der Waals surface area contributed by atoms with E-state index in [1.165, 1.54) is 0 Å². The Morgan fingerprint density at radius 3 is 2.76 bits per heavy atom. The molecule has 0 bridgehead atoms. The van der Waals surface area contributed by atoms with Gasteiger partial charge < -0.3 is 15.1 Å². The van der Waals surface area contributed by atoms with Crippen molar-refractivity contribution in [1.82, 2.24) is 9.97 Å². The second kappa shape index (κ2) is 8.13. The summed E-state index contributed by atoms with van der Waals surface area (Å²) in [7, 11) is 2.10. The zero-order valence-corrected chi connectivity index (χ0v) is 17.4. The molecule has 1 N–H and O–H groups in total. The molecule has 5 nitrogen and oxygen atoms in total. The number of rotatable bonds is 4. The van der Waals surface area contributed by atoms with Gasteiger partial charge in [-0.1, -0.05) is 24.2 Å². The van der Waals surface area contributed by atoms with Crippen molar-refractivity contribution < 1.29 is 0 Å². The molecule has 6 heteroatoms. The Morgan fingerprint density at radius 1 is 1.14 bits per heavy atom. The number of pyridine rings is 2. The van der Waals surface area contributed by atoms with Crippen LogP contribution < -0.4 is 15.1 Å². The quantitative estimate of drug-likeness (QED) is 0.635. The summed E-state index contributed by atoms with van der Waals surface area (Å²) < 4.78 is 0. The van der Waals surface area contributed by atoms with Crippen LogP contribution in [0.15, 0.2) is 67.1 Å². The largest absolute Gasteiger partial charge is 0.372 e. The number of hydrogen-bond donors (Lipinski definition) is 1. The first-order valence-corrected chi connectivity index (χ1v) is 10.0. The van der Waals surface area contributed by atoms with E-state index in [0.717, 1.165) is 59.5 Å². The summed E-state index contributed by atoms with van der Waals surface area (Å²) in [6.45, 7) is 8.08. The van der Waals surface area contributed by atoms with Crippen molar-refractivity contribution in [3.8, 4) is 11.3 Å². The highest BCUT2D eigenvalue weighted by atomic mass is 35.5. The van der Waals surface area contributed by atoms with E-state index in [9.17, 15) is 0 Å². The SMILES string of the molecule is C=C(Nc1ccccn1)N1CCCN(C)c2ccc(-c3cc(C)cc(Cl)c3)nc21. The van der Waals surface area contributed by atoms with Crippen molar-refractivity contribution >= 4 is 28.9 Å². The third kappa shape index (κ3) is 4.20. The monoisotopic (exact) mass is 405 g/mol. The first-order valence-electron chi connectivity index (χ1n) is 9.65. The second-order valence-corrected chi connectivity index (χ2v) is 7.71. The highest BCUT2D eigenvalue weighted by molar-refractivity contribution is 6.30. The van der Waals surface area contributed by atoms with Crippen molar-refractivity contribution in [2.45, 2.75) is 13.3 Å². The number of hydrogen-bond acceptors (Lipinski definition) is 5. The van der Waals surface area contributed by atoms with Crippen molar-refractivity contribution in [1.29, 1.82) is 0 Å². The number of aryl methyl sites for hydroxylation is 1. The fourth-order valence-electron chi connectivity index (χ4n) is 3.59. The predicted molar refractivity (Wildman–Crippen MR) is 122 cm³/mol. The molecule has 148 valence electrons. The van der Waals surface area contributed by atoms with E-state index in [1.54, 1.807) is 6.20 Å². The van der Waals surface area contributed by atoms with Crippen LogP contribution in [-0.2, 0) is 0 Å². The molecule has 29 heavy (non-hydrogen) atoms. The Morgan fingerprint density at radius 2 is 2.00 bits per heavy atom. The van der Waals surface area contributed by atoms with Crippen LogP contribution in [0.5, 0.6) is 0 Å². The van der Waals surface area contributed by atoms with Crippen LogP contribution in [0, 0.1) is 6.92 Å². The normalized spacial score (nSPS) is 13.6. The minimum Gasteiger partial charge on any atom is -0.372 e. The van der Waals surface area contributed by atoms with Gasteiger partial charge >= 0.3 is 0 Å². The molecule has 0 unspecified atom stereocenters. The maximum atomic E-state index is 6.28. The summed E-state index contributed by atoms with van der Waals surface area (Å²) in [5.41, 5.74) is 4.08. The molecule has 0 saturated heterocycles. The summed E-state index contributed by atoms with van der Waals surface area (Å²) >= 11 is 6.28. The van der Waals surface area contributed by atoms with Gasteiger partial charge in [-0.2, -0.15) is 0 Å². The average molecular weight is 406 g/mol. The molecule has 0 spiro atoms. The van der Waals surface area contributed by atoms with E-state index in [4.69, 9.17) is 16.6 Å².